The molecule has 8 nitrogen and oxygen atoms in total. The zero-order valence-electron chi connectivity index (χ0n) is 17.3. The summed E-state index contributed by atoms with van der Waals surface area (Å²) in [7, 11) is -4.66. The van der Waals surface area contributed by atoms with Gasteiger partial charge in [-0.1, -0.05) is 0 Å². The molecule has 0 amide bonds. The lowest BCUT2D eigenvalue weighted by molar-refractivity contribution is -0.0500. The Balaban J connectivity index is 1.91. The molecule has 2 aromatic rings. The minimum atomic E-state index is -5.83. The molecule has 0 N–H and O–H groups in total. The number of rotatable bonds is 3. The SMILES string of the molecule is COC(=O)c1cn2c(cc1=O)-c1ccc(OS(=O)(=O)C(F)(F)F)cc1C1CCC(C)(C)N12. The van der Waals surface area contributed by atoms with Crippen LogP contribution in [0.2, 0.25) is 0 Å². The molecule has 1 fully saturated rings. The quantitative estimate of drug-likeness (QED) is 0.385. The highest BCUT2D eigenvalue weighted by Crippen LogP contribution is 2.48. The van der Waals surface area contributed by atoms with E-state index in [0.717, 1.165) is 6.07 Å². The molecule has 0 radical (unpaired) electrons. The predicted molar refractivity (Wildman–Crippen MR) is 107 cm³/mol. The molecule has 4 rings (SSSR count). The van der Waals surface area contributed by atoms with Gasteiger partial charge in [-0.2, -0.15) is 21.6 Å². The normalized spacial score (nSPS) is 19.1. The van der Waals surface area contributed by atoms with E-state index in [1.807, 2.05) is 18.9 Å². The number of aromatic nitrogens is 1. The number of pyridine rings is 1. The highest BCUT2D eigenvalue weighted by molar-refractivity contribution is 7.88. The van der Waals surface area contributed by atoms with Crippen LogP contribution in [0.3, 0.4) is 0 Å². The summed E-state index contributed by atoms with van der Waals surface area (Å²) >= 11 is 0. The van der Waals surface area contributed by atoms with Crippen LogP contribution < -0.4 is 14.6 Å². The van der Waals surface area contributed by atoms with E-state index in [9.17, 15) is 31.2 Å². The molecule has 1 unspecified atom stereocenters. The van der Waals surface area contributed by atoms with Gasteiger partial charge in [0.1, 0.15) is 11.3 Å². The molecule has 1 saturated heterocycles. The first-order valence-corrected chi connectivity index (χ1v) is 11.0. The summed E-state index contributed by atoms with van der Waals surface area (Å²) < 4.78 is 71.8. The number of benzene rings is 1. The average molecular weight is 472 g/mol. The minimum absolute atomic E-state index is 0.155. The summed E-state index contributed by atoms with van der Waals surface area (Å²) in [4.78, 5) is 24.6. The molecule has 0 bridgehead atoms. The number of esters is 1. The van der Waals surface area contributed by atoms with Gasteiger partial charge in [-0.15, -0.1) is 0 Å². The van der Waals surface area contributed by atoms with Crippen molar-refractivity contribution in [3.8, 4) is 17.0 Å². The van der Waals surface area contributed by atoms with Crippen molar-refractivity contribution in [2.24, 2.45) is 0 Å². The molecule has 2 aliphatic heterocycles. The van der Waals surface area contributed by atoms with Crippen LogP contribution in [0.25, 0.3) is 11.3 Å². The van der Waals surface area contributed by atoms with Crippen molar-refractivity contribution < 1.29 is 35.3 Å². The van der Waals surface area contributed by atoms with Crippen molar-refractivity contribution in [1.29, 1.82) is 0 Å². The van der Waals surface area contributed by atoms with Gasteiger partial charge in [-0.3, -0.25) is 14.5 Å². The molecular formula is C20H19F3N2O6S. The number of halogens is 3. The number of methoxy groups -OCH3 is 1. The number of carbonyl (C=O) groups excluding carboxylic acids is 1. The first kappa shape index (κ1) is 22.2. The van der Waals surface area contributed by atoms with E-state index in [0.29, 0.717) is 29.7 Å². The fourth-order valence-electron chi connectivity index (χ4n) is 4.32. The maximum Gasteiger partial charge on any atom is 0.534 e. The van der Waals surface area contributed by atoms with Crippen LogP contribution in [0.4, 0.5) is 13.2 Å². The Morgan fingerprint density at radius 3 is 2.53 bits per heavy atom. The number of fused-ring (bicyclic) bond motifs is 6. The second-order valence-corrected chi connectivity index (χ2v) is 9.75. The van der Waals surface area contributed by atoms with Gasteiger partial charge in [0.05, 0.1) is 24.4 Å². The van der Waals surface area contributed by atoms with E-state index >= 15 is 0 Å². The smallest absolute Gasteiger partial charge is 0.465 e. The van der Waals surface area contributed by atoms with Crippen LogP contribution >= 0.6 is 0 Å². The van der Waals surface area contributed by atoms with Crippen LogP contribution in [-0.4, -0.2) is 37.2 Å². The molecule has 12 heteroatoms. The van der Waals surface area contributed by atoms with E-state index in [1.54, 1.807) is 4.68 Å². The van der Waals surface area contributed by atoms with Crippen molar-refractivity contribution in [2.45, 2.75) is 43.8 Å². The van der Waals surface area contributed by atoms with E-state index < -0.39 is 38.3 Å². The second-order valence-electron chi connectivity index (χ2n) is 8.22. The van der Waals surface area contributed by atoms with Gasteiger partial charge in [0.15, 0.2) is 5.43 Å². The number of ether oxygens (including phenoxy) is 1. The lowest BCUT2D eigenvalue weighted by atomic mass is 9.94. The molecular weight excluding hydrogens is 453 g/mol. The maximum absolute atomic E-state index is 12.8. The van der Waals surface area contributed by atoms with Gasteiger partial charge in [-0.05, 0) is 50.5 Å². The van der Waals surface area contributed by atoms with Crippen LogP contribution in [0.1, 0.15) is 48.7 Å². The van der Waals surface area contributed by atoms with E-state index in [-0.39, 0.29) is 11.6 Å². The fourth-order valence-corrected chi connectivity index (χ4v) is 4.77. The Kier molecular flexibility index (Phi) is 4.85. The molecule has 1 aromatic heterocycles. The van der Waals surface area contributed by atoms with E-state index in [2.05, 4.69) is 4.18 Å². The Bertz CT molecular complexity index is 1280. The molecule has 2 aliphatic rings. The Labute approximate surface area is 181 Å². The van der Waals surface area contributed by atoms with Crippen LogP contribution in [0, 0.1) is 0 Å². The number of hydrogen-bond acceptors (Lipinski definition) is 7. The number of hydrogen-bond donors (Lipinski definition) is 0. The molecule has 3 heterocycles. The summed E-state index contributed by atoms with van der Waals surface area (Å²) in [5.74, 6) is -1.27. The summed E-state index contributed by atoms with van der Waals surface area (Å²) in [6.07, 6.45) is 2.70. The molecule has 32 heavy (non-hydrogen) atoms. The molecule has 0 spiro atoms. The summed E-state index contributed by atoms with van der Waals surface area (Å²) in [6.45, 7) is 3.90. The Morgan fingerprint density at radius 1 is 1.22 bits per heavy atom. The van der Waals surface area contributed by atoms with Crippen molar-refractivity contribution in [3.05, 3.63) is 51.8 Å². The van der Waals surface area contributed by atoms with E-state index in [4.69, 9.17) is 4.74 Å². The fraction of sp³-hybridized carbons (Fsp3) is 0.400. The second kappa shape index (κ2) is 6.99. The van der Waals surface area contributed by atoms with Gasteiger partial charge in [0, 0.05) is 17.8 Å². The van der Waals surface area contributed by atoms with Crippen LogP contribution in [0.15, 0.2) is 35.3 Å². The summed E-state index contributed by atoms with van der Waals surface area (Å²) in [5.41, 5.74) is -5.27. The largest absolute Gasteiger partial charge is 0.534 e. The third-order valence-electron chi connectivity index (χ3n) is 5.76. The van der Waals surface area contributed by atoms with E-state index in [1.165, 1.54) is 31.5 Å². The molecule has 172 valence electrons. The lowest BCUT2D eigenvalue weighted by Gasteiger charge is -2.44. The van der Waals surface area contributed by atoms with Gasteiger partial charge in [0.2, 0.25) is 0 Å². The Morgan fingerprint density at radius 2 is 1.91 bits per heavy atom. The third kappa shape index (κ3) is 3.33. The van der Waals surface area contributed by atoms with Gasteiger partial charge < -0.3 is 8.92 Å². The van der Waals surface area contributed by atoms with Crippen molar-refractivity contribution in [3.63, 3.8) is 0 Å². The monoisotopic (exact) mass is 472 g/mol. The standard InChI is InChI=1S/C20H19F3N2O6S/c1-19(2)7-6-15-13-8-11(31-32(28,29)20(21,22)23)4-5-12(13)16-9-17(26)14(18(27)30-3)10-24(16)25(15)19/h4-5,8-10,15H,6-7H2,1-3H3. The zero-order valence-corrected chi connectivity index (χ0v) is 18.1. The average Bonchev–Trinajstić information content (AvgIpc) is 3.01. The predicted octanol–water partition coefficient (Wildman–Crippen LogP) is 3.10. The first-order valence-electron chi connectivity index (χ1n) is 9.56. The van der Waals surface area contributed by atoms with Gasteiger partial charge >= 0.3 is 21.6 Å². The number of nitrogens with zero attached hydrogens (tertiary/aromatic N) is 2. The Hall–Kier alpha value is -3.02. The molecule has 0 saturated carbocycles. The molecule has 1 aromatic carbocycles. The molecule has 1 atom stereocenters. The highest BCUT2D eigenvalue weighted by Gasteiger charge is 2.49. The first-order chi connectivity index (χ1) is 14.8. The molecule has 0 aliphatic carbocycles. The highest BCUT2D eigenvalue weighted by atomic mass is 32.2. The lowest BCUT2D eigenvalue weighted by Crippen LogP contribution is -2.50. The number of carbonyl (C=O) groups is 1. The maximum atomic E-state index is 12.8. The third-order valence-corrected chi connectivity index (χ3v) is 6.74. The van der Waals surface area contributed by atoms with Gasteiger partial charge in [0.25, 0.3) is 0 Å². The van der Waals surface area contributed by atoms with Gasteiger partial charge in [-0.25, -0.2) is 4.79 Å². The number of alkyl halides is 3. The summed E-state index contributed by atoms with van der Waals surface area (Å²) in [6, 6.07) is 4.66. The van der Waals surface area contributed by atoms with Crippen molar-refractivity contribution in [2.75, 3.05) is 12.1 Å². The van der Waals surface area contributed by atoms with Crippen molar-refractivity contribution in [1.82, 2.24) is 4.68 Å². The summed E-state index contributed by atoms with van der Waals surface area (Å²) in [5, 5.41) is 1.92. The van der Waals surface area contributed by atoms with Crippen LogP contribution in [-0.2, 0) is 14.9 Å². The zero-order chi connectivity index (χ0) is 23.6. The topological polar surface area (TPSA) is 94.9 Å². The van der Waals surface area contributed by atoms with Crippen molar-refractivity contribution >= 4 is 16.1 Å². The van der Waals surface area contributed by atoms with Crippen LogP contribution in [0.5, 0.6) is 5.75 Å². The minimum Gasteiger partial charge on any atom is -0.465 e.